The molecule has 0 saturated heterocycles. The van der Waals surface area contributed by atoms with Crippen LogP contribution in [0.25, 0.3) is 0 Å². The van der Waals surface area contributed by atoms with Gasteiger partial charge in [0.15, 0.2) is 4.34 Å². The van der Waals surface area contributed by atoms with Crippen molar-refractivity contribution in [2.24, 2.45) is 5.92 Å². The minimum absolute atomic E-state index is 0.00176. The van der Waals surface area contributed by atoms with Gasteiger partial charge in [0.25, 0.3) is 0 Å². The van der Waals surface area contributed by atoms with Gasteiger partial charge in [-0.25, -0.2) is 4.79 Å². The summed E-state index contributed by atoms with van der Waals surface area (Å²) >= 11 is 4.01. The van der Waals surface area contributed by atoms with Crippen LogP contribution in [0.2, 0.25) is 0 Å². The van der Waals surface area contributed by atoms with Crippen LogP contribution in [0.1, 0.15) is 72.7 Å². The summed E-state index contributed by atoms with van der Waals surface area (Å²) in [6.07, 6.45) is 9.07. The molecule has 11 heteroatoms. The van der Waals surface area contributed by atoms with E-state index in [0.717, 1.165) is 63.4 Å². The van der Waals surface area contributed by atoms with Gasteiger partial charge < -0.3 is 15.4 Å². The number of aromatic nitrogens is 2. The molecule has 0 atom stereocenters. The van der Waals surface area contributed by atoms with Gasteiger partial charge in [-0.1, -0.05) is 42.4 Å². The summed E-state index contributed by atoms with van der Waals surface area (Å²) in [4.78, 5) is 38.7. The van der Waals surface area contributed by atoms with Crippen LogP contribution in [0.4, 0.5) is 10.1 Å². The largest absolute Gasteiger partial charge is 0.462 e. The molecule has 2 aromatic rings. The van der Waals surface area contributed by atoms with E-state index in [1.54, 1.807) is 6.92 Å². The molecule has 2 aliphatic carbocycles. The molecule has 0 unspecified atom stereocenters. The van der Waals surface area contributed by atoms with Crippen molar-refractivity contribution in [1.29, 1.82) is 0 Å². The maximum Gasteiger partial charge on any atom is 0.341 e. The fourth-order valence-corrected chi connectivity index (χ4v) is 7.10. The summed E-state index contributed by atoms with van der Waals surface area (Å²) in [5.41, 5.74) is 1.55. The summed E-state index contributed by atoms with van der Waals surface area (Å²) in [6.45, 7) is 2.08. The molecule has 1 fully saturated rings. The van der Waals surface area contributed by atoms with Gasteiger partial charge in [0, 0.05) is 10.8 Å². The zero-order valence-electron chi connectivity index (χ0n) is 18.6. The van der Waals surface area contributed by atoms with Crippen molar-refractivity contribution in [2.75, 3.05) is 23.0 Å². The Hall–Kier alpha value is -1.98. The molecule has 2 aliphatic rings. The first-order valence-corrected chi connectivity index (χ1v) is 14.1. The number of thiophene rings is 1. The van der Waals surface area contributed by atoms with E-state index in [1.165, 1.54) is 39.3 Å². The van der Waals surface area contributed by atoms with E-state index in [9.17, 15) is 14.4 Å². The Morgan fingerprint density at radius 2 is 1.82 bits per heavy atom. The number of carbonyl (C=O) groups is 3. The quantitative estimate of drug-likeness (QED) is 0.226. The standard InChI is InChI=1S/C22H28N4O4S3/c1-2-30-20(29)17-14-10-4-3-5-11-15(14)32-19(17)23-16(27)12-31-22-26-25-21(33-22)24-18(28)13-8-6-7-9-13/h13H,2-12H2,1H3,(H,23,27)(H,24,25,28). The zero-order valence-corrected chi connectivity index (χ0v) is 21.1. The van der Waals surface area contributed by atoms with Crippen molar-refractivity contribution >= 4 is 62.4 Å². The van der Waals surface area contributed by atoms with Gasteiger partial charge in [-0.05, 0) is 51.0 Å². The number of anilines is 2. The van der Waals surface area contributed by atoms with Gasteiger partial charge in [-0.2, -0.15) is 0 Å². The van der Waals surface area contributed by atoms with Crippen LogP contribution in [-0.4, -0.2) is 40.3 Å². The number of nitrogens with one attached hydrogen (secondary N) is 2. The molecule has 0 aliphatic heterocycles. The number of carbonyl (C=O) groups excluding carboxylic acids is 3. The number of thioether (sulfide) groups is 1. The lowest BCUT2D eigenvalue weighted by Gasteiger charge is -2.08. The highest BCUT2D eigenvalue weighted by molar-refractivity contribution is 8.01. The molecule has 1 saturated carbocycles. The molecule has 2 aromatic heterocycles. The first kappa shape index (κ1) is 24.2. The van der Waals surface area contributed by atoms with E-state index in [0.29, 0.717) is 26.6 Å². The Bertz CT molecular complexity index is 1010. The van der Waals surface area contributed by atoms with Crippen LogP contribution < -0.4 is 10.6 Å². The highest BCUT2D eigenvalue weighted by Crippen LogP contribution is 2.38. The van der Waals surface area contributed by atoms with Gasteiger partial charge in [0.05, 0.1) is 17.9 Å². The van der Waals surface area contributed by atoms with E-state index in [-0.39, 0.29) is 29.5 Å². The van der Waals surface area contributed by atoms with Crippen LogP contribution in [0, 0.1) is 5.92 Å². The lowest BCUT2D eigenvalue weighted by atomic mass is 10.1. The van der Waals surface area contributed by atoms with Gasteiger partial charge >= 0.3 is 5.97 Å². The summed E-state index contributed by atoms with van der Waals surface area (Å²) in [5, 5.41) is 14.9. The van der Waals surface area contributed by atoms with Crippen LogP contribution in [-0.2, 0) is 27.2 Å². The summed E-state index contributed by atoms with van der Waals surface area (Å²) in [5.74, 6) is -0.386. The molecule has 0 bridgehead atoms. The summed E-state index contributed by atoms with van der Waals surface area (Å²) in [7, 11) is 0. The van der Waals surface area contributed by atoms with Crippen molar-refractivity contribution in [3.63, 3.8) is 0 Å². The molecule has 8 nitrogen and oxygen atoms in total. The normalized spacial score (nSPS) is 16.2. The van der Waals surface area contributed by atoms with Crippen molar-refractivity contribution in [2.45, 2.75) is 69.1 Å². The number of aryl methyl sites for hydroxylation is 1. The average Bonchev–Trinajstić information content (AvgIpc) is 3.51. The molecular weight excluding hydrogens is 480 g/mol. The first-order valence-electron chi connectivity index (χ1n) is 11.4. The van der Waals surface area contributed by atoms with Gasteiger partial charge in [-0.3, -0.25) is 9.59 Å². The topological polar surface area (TPSA) is 110 Å². The molecule has 4 rings (SSSR count). The second-order valence-electron chi connectivity index (χ2n) is 8.17. The number of fused-ring (bicyclic) bond motifs is 1. The van der Waals surface area contributed by atoms with Crippen LogP contribution in [0.3, 0.4) is 0 Å². The van der Waals surface area contributed by atoms with E-state index >= 15 is 0 Å². The predicted octanol–water partition coefficient (Wildman–Crippen LogP) is 4.90. The molecule has 2 amide bonds. The number of hydrogen-bond donors (Lipinski definition) is 2. The molecule has 0 spiro atoms. The molecule has 178 valence electrons. The van der Waals surface area contributed by atoms with Gasteiger partial charge in [0.2, 0.25) is 16.9 Å². The minimum Gasteiger partial charge on any atom is -0.462 e. The number of hydrogen-bond acceptors (Lipinski definition) is 9. The molecule has 0 aromatic carbocycles. The first-order chi connectivity index (χ1) is 16.0. The number of amides is 2. The van der Waals surface area contributed by atoms with Crippen molar-refractivity contribution in [1.82, 2.24) is 10.2 Å². The zero-order chi connectivity index (χ0) is 23.2. The van der Waals surface area contributed by atoms with E-state index in [1.807, 2.05) is 0 Å². The van der Waals surface area contributed by atoms with E-state index < -0.39 is 0 Å². The third-order valence-electron chi connectivity index (χ3n) is 5.84. The lowest BCUT2D eigenvalue weighted by molar-refractivity contribution is -0.119. The monoisotopic (exact) mass is 508 g/mol. The molecular formula is C22H28N4O4S3. The minimum atomic E-state index is -0.369. The van der Waals surface area contributed by atoms with Gasteiger partial charge in [0.1, 0.15) is 5.00 Å². The number of esters is 1. The Labute approximate surface area is 205 Å². The maximum atomic E-state index is 12.7. The molecule has 2 N–H and O–H groups in total. The molecule has 2 heterocycles. The summed E-state index contributed by atoms with van der Waals surface area (Å²) in [6, 6.07) is 0. The predicted molar refractivity (Wildman–Crippen MR) is 131 cm³/mol. The Morgan fingerprint density at radius 3 is 2.61 bits per heavy atom. The average molecular weight is 509 g/mol. The highest BCUT2D eigenvalue weighted by Gasteiger charge is 2.27. The SMILES string of the molecule is CCOC(=O)c1c(NC(=O)CSc2nnc(NC(=O)C3CCCC3)s2)sc2c1CCCCC2. The summed E-state index contributed by atoms with van der Waals surface area (Å²) < 4.78 is 5.89. The Morgan fingerprint density at radius 1 is 1.03 bits per heavy atom. The number of rotatable bonds is 8. The molecule has 0 radical (unpaired) electrons. The van der Waals surface area contributed by atoms with E-state index in [2.05, 4.69) is 20.8 Å². The van der Waals surface area contributed by atoms with Crippen LogP contribution in [0.5, 0.6) is 0 Å². The van der Waals surface area contributed by atoms with Crippen molar-refractivity contribution in [3.8, 4) is 0 Å². The number of ether oxygens (including phenoxy) is 1. The second kappa shape index (κ2) is 11.4. The van der Waals surface area contributed by atoms with Gasteiger partial charge in [-0.15, -0.1) is 21.5 Å². The second-order valence-corrected chi connectivity index (χ2v) is 11.5. The van der Waals surface area contributed by atoms with E-state index in [4.69, 9.17) is 4.74 Å². The lowest BCUT2D eigenvalue weighted by Crippen LogP contribution is -2.20. The third kappa shape index (κ3) is 6.13. The maximum absolute atomic E-state index is 12.7. The smallest absolute Gasteiger partial charge is 0.341 e. The third-order valence-corrected chi connectivity index (χ3v) is 9.02. The van der Waals surface area contributed by atoms with Crippen LogP contribution in [0.15, 0.2) is 4.34 Å². The highest BCUT2D eigenvalue weighted by atomic mass is 32.2. The Balaban J connectivity index is 1.36. The number of nitrogens with zero attached hydrogens (tertiary/aromatic N) is 2. The molecule has 33 heavy (non-hydrogen) atoms. The fraction of sp³-hybridized carbons (Fsp3) is 0.591. The van der Waals surface area contributed by atoms with Crippen LogP contribution >= 0.6 is 34.4 Å². The van der Waals surface area contributed by atoms with Crippen molar-refractivity contribution in [3.05, 3.63) is 16.0 Å². The fourth-order valence-electron chi connectivity index (χ4n) is 4.25. The Kier molecular flexibility index (Phi) is 8.37. The van der Waals surface area contributed by atoms with Crippen molar-refractivity contribution < 1.29 is 19.1 Å².